The molecule has 1 aromatic rings. The Morgan fingerprint density at radius 2 is 2.11 bits per heavy atom. The third-order valence-corrected chi connectivity index (χ3v) is 4.00. The van der Waals surface area contributed by atoms with Crippen LogP contribution in [0.5, 0.6) is 0 Å². The van der Waals surface area contributed by atoms with E-state index in [1.807, 2.05) is 0 Å². The highest BCUT2D eigenvalue weighted by Crippen LogP contribution is 2.33. The fourth-order valence-electron chi connectivity index (χ4n) is 2.25. The van der Waals surface area contributed by atoms with Crippen LogP contribution in [0.4, 0.5) is 5.69 Å². The van der Waals surface area contributed by atoms with Crippen LogP contribution in [0.15, 0.2) is 22.7 Å². The largest absolute Gasteiger partial charge is 0.371 e. The summed E-state index contributed by atoms with van der Waals surface area (Å²) in [5, 5.41) is 3.43. The molecule has 3 heteroatoms. The van der Waals surface area contributed by atoms with Crippen molar-refractivity contribution in [1.29, 1.82) is 0 Å². The van der Waals surface area contributed by atoms with Gasteiger partial charge in [-0.3, -0.25) is 0 Å². The van der Waals surface area contributed by atoms with Crippen LogP contribution in [0, 0.1) is 5.92 Å². The number of rotatable bonds is 7. The Labute approximate surface area is 119 Å². The number of benzene rings is 1. The molecule has 18 heavy (non-hydrogen) atoms. The maximum atomic E-state index is 3.60. The molecule has 0 radical (unpaired) electrons. The van der Waals surface area contributed by atoms with Gasteiger partial charge in [0.05, 0.1) is 0 Å². The Morgan fingerprint density at radius 1 is 1.33 bits per heavy atom. The first-order chi connectivity index (χ1) is 8.74. The summed E-state index contributed by atoms with van der Waals surface area (Å²) in [6, 6.07) is 6.64. The van der Waals surface area contributed by atoms with Crippen molar-refractivity contribution < 1.29 is 0 Å². The van der Waals surface area contributed by atoms with Crippen LogP contribution < -0.4 is 10.2 Å². The van der Waals surface area contributed by atoms with E-state index >= 15 is 0 Å². The van der Waals surface area contributed by atoms with E-state index in [2.05, 4.69) is 58.2 Å². The first-order valence-electron chi connectivity index (χ1n) is 6.98. The van der Waals surface area contributed by atoms with Crippen molar-refractivity contribution in [3.63, 3.8) is 0 Å². The summed E-state index contributed by atoms with van der Waals surface area (Å²) in [7, 11) is 0. The van der Waals surface area contributed by atoms with Gasteiger partial charge in [0.2, 0.25) is 0 Å². The molecule has 1 aliphatic carbocycles. The van der Waals surface area contributed by atoms with Gasteiger partial charge in [-0.2, -0.15) is 0 Å². The van der Waals surface area contributed by atoms with E-state index in [0.29, 0.717) is 0 Å². The molecular weight excluding hydrogens is 288 g/mol. The summed E-state index contributed by atoms with van der Waals surface area (Å²) in [4.78, 5) is 2.52. The molecule has 0 unspecified atom stereocenters. The summed E-state index contributed by atoms with van der Waals surface area (Å²) in [6.07, 6.45) is 2.82. The summed E-state index contributed by atoms with van der Waals surface area (Å²) in [6.45, 7) is 8.68. The van der Waals surface area contributed by atoms with Gasteiger partial charge in [-0.25, -0.2) is 0 Å². The molecule has 100 valence electrons. The van der Waals surface area contributed by atoms with Crippen LogP contribution in [0.1, 0.15) is 32.3 Å². The van der Waals surface area contributed by atoms with E-state index in [0.717, 1.165) is 25.6 Å². The second-order valence-electron chi connectivity index (χ2n) is 5.04. The van der Waals surface area contributed by atoms with Crippen LogP contribution in [-0.4, -0.2) is 19.6 Å². The molecule has 2 nitrogen and oxygen atoms in total. The van der Waals surface area contributed by atoms with Gasteiger partial charge in [0.1, 0.15) is 0 Å². The van der Waals surface area contributed by atoms with Crippen molar-refractivity contribution in [2.75, 3.05) is 24.5 Å². The highest BCUT2D eigenvalue weighted by atomic mass is 79.9. The highest BCUT2D eigenvalue weighted by Gasteiger charge is 2.24. The van der Waals surface area contributed by atoms with Crippen molar-refractivity contribution in [2.45, 2.75) is 33.2 Å². The Balaban J connectivity index is 2.17. The standard InChI is InChI=1S/C15H23BrN2/c1-3-17-10-13-7-8-14(16)9-15(13)18(4-2)11-12-5-6-12/h7-9,12,17H,3-6,10-11H2,1-2H3. The molecule has 0 atom stereocenters. The molecule has 1 saturated carbocycles. The number of nitrogens with one attached hydrogen (secondary N) is 1. The molecule has 1 fully saturated rings. The van der Waals surface area contributed by atoms with Gasteiger partial charge in [-0.1, -0.05) is 28.9 Å². The summed E-state index contributed by atoms with van der Waals surface area (Å²) in [5.74, 6) is 0.927. The Bertz CT molecular complexity index is 388. The van der Waals surface area contributed by atoms with Gasteiger partial charge in [0.15, 0.2) is 0 Å². The summed E-state index contributed by atoms with van der Waals surface area (Å²) >= 11 is 3.60. The molecule has 0 heterocycles. The zero-order chi connectivity index (χ0) is 13.0. The lowest BCUT2D eigenvalue weighted by atomic mass is 10.1. The van der Waals surface area contributed by atoms with Crippen LogP contribution in [-0.2, 0) is 6.54 Å². The minimum atomic E-state index is 0.927. The summed E-state index contributed by atoms with van der Waals surface area (Å²) < 4.78 is 1.17. The average molecular weight is 311 g/mol. The zero-order valence-electron chi connectivity index (χ0n) is 11.4. The van der Waals surface area contributed by atoms with Crippen LogP contribution >= 0.6 is 15.9 Å². The predicted molar refractivity (Wildman–Crippen MR) is 82.1 cm³/mol. The van der Waals surface area contributed by atoms with Gasteiger partial charge < -0.3 is 10.2 Å². The van der Waals surface area contributed by atoms with Gasteiger partial charge in [0, 0.05) is 29.8 Å². The monoisotopic (exact) mass is 310 g/mol. The van der Waals surface area contributed by atoms with Crippen molar-refractivity contribution in [3.05, 3.63) is 28.2 Å². The first-order valence-corrected chi connectivity index (χ1v) is 7.78. The maximum absolute atomic E-state index is 3.60. The van der Waals surface area contributed by atoms with Crippen molar-refractivity contribution >= 4 is 21.6 Å². The average Bonchev–Trinajstić information content (AvgIpc) is 3.18. The minimum absolute atomic E-state index is 0.927. The molecule has 0 aromatic heterocycles. The second kappa shape index (κ2) is 6.58. The zero-order valence-corrected chi connectivity index (χ0v) is 13.0. The fourth-order valence-corrected chi connectivity index (χ4v) is 2.60. The number of anilines is 1. The fraction of sp³-hybridized carbons (Fsp3) is 0.600. The topological polar surface area (TPSA) is 15.3 Å². The van der Waals surface area contributed by atoms with Gasteiger partial charge >= 0.3 is 0 Å². The quantitative estimate of drug-likeness (QED) is 0.824. The number of nitrogens with zero attached hydrogens (tertiary/aromatic N) is 1. The molecule has 2 rings (SSSR count). The maximum Gasteiger partial charge on any atom is 0.0423 e. The van der Waals surface area contributed by atoms with E-state index in [1.165, 1.54) is 35.1 Å². The van der Waals surface area contributed by atoms with Crippen LogP contribution in [0.2, 0.25) is 0 Å². The summed E-state index contributed by atoms with van der Waals surface area (Å²) in [5.41, 5.74) is 2.79. The van der Waals surface area contributed by atoms with E-state index in [9.17, 15) is 0 Å². The van der Waals surface area contributed by atoms with Crippen molar-refractivity contribution in [2.24, 2.45) is 5.92 Å². The third-order valence-electron chi connectivity index (χ3n) is 3.51. The van der Waals surface area contributed by atoms with E-state index in [4.69, 9.17) is 0 Å². The van der Waals surface area contributed by atoms with E-state index < -0.39 is 0 Å². The normalized spacial score (nSPS) is 14.8. The molecule has 0 aliphatic heterocycles. The molecule has 1 N–H and O–H groups in total. The first kappa shape index (κ1) is 13.9. The number of hydrogen-bond donors (Lipinski definition) is 1. The van der Waals surface area contributed by atoms with Gasteiger partial charge in [0.25, 0.3) is 0 Å². The molecule has 0 saturated heterocycles. The van der Waals surface area contributed by atoms with Crippen molar-refractivity contribution in [3.8, 4) is 0 Å². The van der Waals surface area contributed by atoms with Crippen LogP contribution in [0.25, 0.3) is 0 Å². The Morgan fingerprint density at radius 3 is 2.72 bits per heavy atom. The highest BCUT2D eigenvalue weighted by molar-refractivity contribution is 9.10. The molecule has 0 bridgehead atoms. The Hall–Kier alpha value is -0.540. The second-order valence-corrected chi connectivity index (χ2v) is 5.95. The third kappa shape index (κ3) is 3.72. The van der Waals surface area contributed by atoms with E-state index in [-0.39, 0.29) is 0 Å². The number of hydrogen-bond acceptors (Lipinski definition) is 2. The smallest absolute Gasteiger partial charge is 0.0423 e. The molecule has 0 spiro atoms. The molecule has 0 amide bonds. The lowest BCUT2D eigenvalue weighted by Crippen LogP contribution is -2.27. The molecule has 1 aromatic carbocycles. The SMILES string of the molecule is CCNCc1ccc(Br)cc1N(CC)CC1CC1. The van der Waals surface area contributed by atoms with Gasteiger partial charge in [-0.15, -0.1) is 0 Å². The van der Waals surface area contributed by atoms with Crippen molar-refractivity contribution in [1.82, 2.24) is 5.32 Å². The minimum Gasteiger partial charge on any atom is -0.371 e. The predicted octanol–water partition coefficient (Wildman–Crippen LogP) is 3.79. The lowest BCUT2D eigenvalue weighted by molar-refractivity contribution is 0.706. The van der Waals surface area contributed by atoms with Gasteiger partial charge in [-0.05, 0) is 49.9 Å². The molecule has 1 aliphatic rings. The number of halogens is 1. The van der Waals surface area contributed by atoms with E-state index in [1.54, 1.807) is 0 Å². The Kier molecular flexibility index (Phi) is 5.07. The van der Waals surface area contributed by atoms with Crippen LogP contribution in [0.3, 0.4) is 0 Å². The lowest BCUT2D eigenvalue weighted by Gasteiger charge is -2.26. The molecular formula is C15H23BrN2.